The second-order valence-electron chi connectivity index (χ2n) is 3.59. The van der Waals surface area contributed by atoms with Gasteiger partial charge in [0.15, 0.2) is 5.82 Å². The van der Waals surface area contributed by atoms with Crippen LogP contribution in [-0.4, -0.2) is 22.9 Å². The van der Waals surface area contributed by atoms with Gasteiger partial charge in [-0.1, -0.05) is 11.6 Å². The first-order chi connectivity index (χ1) is 9.11. The molecule has 0 saturated heterocycles. The van der Waals surface area contributed by atoms with Crippen molar-refractivity contribution < 1.29 is 9.18 Å². The van der Waals surface area contributed by atoms with Crippen molar-refractivity contribution in [3.63, 3.8) is 0 Å². The van der Waals surface area contributed by atoms with E-state index in [9.17, 15) is 9.18 Å². The number of carbonyl (C=O) groups excluding carboxylic acids is 1. The van der Waals surface area contributed by atoms with Gasteiger partial charge in [-0.3, -0.25) is 4.79 Å². The van der Waals surface area contributed by atoms with E-state index < -0.39 is 11.7 Å². The molecule has 98 valence electrons. The Morgan fingerprint density at radius 1 is 1.37 bits per heavy atom. The molecular formula is C12H10ClFN4O. The fraction of sp³-hybridized carbons (Fsp3) is 0.0833. The van der Waals surface area contributed by atoms with Gasteiger partial charge in [0.1, 0.15) is 11.6 Å². The van der Waals surface area contributed by atoms with Gasteiger partial charge in [0.25, 0.3) is 5.91 Å². The molecule has 0 bridgehead atoms. The first-order valence-corrected chi connectivity index (χ1v) is 5.75. The molecule has 0 aliphatic rings. The highest BCUT2D eigenvalue weighted by atomic mass is 35.5. The number of carbonyl (C=O) groups is 1. The second kappa shape index (κ2) is 5.62. The third-order valence-corrected chi connectivity index (χ3v) is 2.63. The molecule has 0 aliphatic carbocycles. The molecular weight excluding hydrogens is 271 g/mol. The number of anilines is 2. The van der Waals surface area contributed by atoms with Gasteiger partial charge in [-0.25, -0.2) is 14.4 Å². The Bertz CT molecular complexity index is 620. The van der Waals surface area contributed by atoms with E-state index in [0.29, 0.717) is 5.02 Å². The first kappa shape index (κ1) is 13.2. The summed E-state index contributed by atoms with van der Waals surface area (Å²) in [6.45, 7) is 0. The standard InChI is InChI=1S/C12H10ClFN4O/c1-15-10-8(5-7(14)6-17-10)12(19)18-11-9(13)3-2-4-16-11/h2-6H,1H3,(H,15,17)(H,16,18,19). The minimum Gasteiger partial charge on any atom is -0.372 e. The summed E-state index contributed by atoms with van der Waals surface area (Å²) in [5.41, 5.74) is 0.0734. The zero-order valence-corrected chi connectivity index (χ0v) is 10.7. The third kappa shape index (κ3) is 2.97. The fourth-order valence-corrected chi connectivity index (χ4v) is 1.63. The maximum atomic E-state index is 13.1. The van der Waals surface area contributed by atoms with Gasteiger partial charge in [0.2, 0.25) is 0 Å². The Labute approximate surface area is 113 Å². The van der Waals surface area contributed by atoms with Gasteiger partial charge in [0.05, 0.1) is 16.8 Å². The summed E-state index contributed by atoms with van der Waals surface area (Å²) >= 11 is 5.88. The fourth-order valence-electron chi connectivity index (χ4n) is 1.46. The Morgan fingerprint density at radius 2 is 2.16 bits per heavy atom. The number of nitrogens with one attached hydrogen (secondary N) is 2. The topological polar surface area (TPSA) is 66.9 Å². The van der Waals surface area contributed by atoms with Gasteiger partial charge in [-0.2, -0.15) is 0 Å². The van der Waals surface area contributed by atoms with Crippen molar-refractivity contribution in [2.75, 3.05) is 17.7 Å². The smallest absolute Gasteiger partial charge is 0.260 e. The summed E-state index contributed by atoms with van der Waals surface area (Å²) in [4.78, 5) is 19.7. The summed E-state index contributed by atoms with van der Waals surface area (Å²) in [7, 11) is 1.59. The van der Waals surface area contributed by atoms with Gasteiger partial charge in [-0.15, -0.1) is 0 Å². The van der Waals surface area contributed by atoms with E-state index in [1.807, 2.05) is 0 Å². The summed E-state index contributed by atoms with van der Waals surface area (Å²) in [5.74, 6) is -0.667. The van der Waals surface area contributed by atoms with Crippen molar-refractivity contribution in [2.45, 2.75) is 0 Å². The van der Waals surface area contributed by atoms with Gasteiger partial charge in [0, 0.05) is 13.2 Å². The number of halogens is 2. The predicted octanol–water partition coefficient (Wildman–Crippen LogP) is 2.56. The normalized spacial score (nSPS) is 10.1. The molecule has 0 radical (unpaired) electrons. The number of amides is 1. The molecule has 0 spiro atoms. The molecule has 0 saturated carbocycles. The molecule has 0 atom stereocenters. The van der Waals surface area contributed by atoms with E-state index in [0.717, 1.165) is 12.3 Å². The molecule has 0 fully saturated rings. The van der Waals surface area contributed by atoms with E-state index >= 15 is 0 Å². The van der Waals surface area contributed by atoms with Gasteiger partial charge >= 0.3 is 0 Å². The molecule has 19 heavy (non-hydrogen) atoms. The monoisotopic (exact) mass is 280 g/mol. The lowest BCUT2D eigenvalue weighted by molar-refractivity contribution is 0.102. The quantitative estimate of drug-likeness (QED) is 0.907. The SMILES string of the molecule is CNc1ncc(F)cc1C(=O)Nc1ncccc1Cl. The van der Waals surface area contributed by atoms with Gasteiger partial charge < -0.3 is 10.6 Å². The molecule has 0 aromatic carbocycles. The highest BCUT2D eigenvalue weighted by Crippen LogP contribution is 2.20. The van der Waals surface area contributed by atoms with Crippen LogP contribution in [0.15, 0.2) is 30.6 Å². The van der Waals surface area contributed by atoms with Crippen molar-refractivity contribution in [2.24, 2.45) is 0 Å². The lowest BCUT2D eigenvalue weighted by Crippen LogP contribution is -2.16. The number of hydrogen-bond donors (Lipinski definition) is 2. The van der Waals surface area contributed by atoms with Crippen molar-refractivity contribution in [3.05, 3.63) is 47.0 Å². The Hall–Kier alpha value is -2.21. The highest BCUT2D eigenvalue weighted by molar-refractivity contribution is 6.33. The van der Waals surface area contributed by atoms with Crippen molar-refractivity contribution in [1.82, 2.24) is 9.97 Å². The summed E-state index contributed by atoms with van der Waals surface area (Å²) in [6, 6.07) is 4.32. The molecule has 2 rings (SSSR count). The van der Waals surface area contributed by atoms with Crippen molar-refractivity contribution in [1.29, 1.82) is 0 Å². The summed E-state index contributed by atoms with van der Waals surface area (Å²) < 4.78 is 13.1. The summed E-state index contributed by atoms with van der Waals surface area (Å²) in [6.07, 6.45) is 2.51. The maximum absolute atomic E-state index is 13.1. The lowest BCUT2D eigenvalue weighted by Gasteiger charge is -2.09. The maximum Gasteiger partial charge on any atom is 0.260 e. The highest BCUT2D eigenvalue weighted by Gasteiger charge is 2.15. The number of hydrogen-bond acceptors (Lipinski definition) is 4. The van der Waals surface area contributed by atoms with Crippen LogP contribution < -0.4 is 10.6 Å². The predicted molar refractivity (Wildman–Crippen MR) is 70.9 cm³/mol. The van der Waals surface area contributed by atoms with Crippen LogP contribution in [-0.2, 0) is 0 Å². The molecule has 2 aromatic rings. The minimum absolute atomic E-state index is 0.0734. The molecule has 0 aliphatic heterocycles. The lowest BCUT2D eigenvalue weighted by atomic mass is 10.2. The zero-order chi connectivity index (χ0) is 13.8. The zero-order valence-electron chi connectivity index (χ0n) is 9.95. The van der Waals surface area contributed by atoms with Crippen LogP contribution in [0.1, 0.15) is 10.4 Å². The van der Waals surface area contributed by atoms with E-state index in [1.54, 1.807) is 19.2 Å². The van der Waals surface area contributed by atoms with Crippen LogP contribution in [0.4, 0.5) is 16.0 Å². The molecule has 2 heterocycles. The Balaban J connectivity index is 2.30. The number of nitrogens with zero attached hydrogens (tertiary/aromatic N) is 2. The van der Waals surface area contributed by atoms with E-state index in [1.165, 1.54) is 6.20 Å². The molecule has 5 nitrogen and oxygen atoms in total. The number of pyridine rings is 2. The molecule has 2 aromatic heterocycles. The van der Waals surface area contributed by atoms with Gasteiger partial charge in [-0.05, 0) is 18.2 Å². The Morgan fingerprint density at radius 3 is 2.84 bits per heavy atom. The largest absolute Gasteiger partial charge is 0.372 e. The van der Waals surface area contributed by atoms with Crippen LogP contribution in [0, 0.1) is 5.82 Å². The second-order valence-corrected chi connectivity index (χ2v) is 3.99. The van der Waals surface area contributed by atoms with Crippen LogP contribution >= 0.6 is 11.6 Å². The van der Waals surface area contributed by atoms with Crippen LogP contribution in [0.3, 0.4) is 0 Å². The third-order valence-electron chi connectivity index (χ3n) is 2.33. The molecule has 2 N–H and O–H groups in total. The molecule has 0 unspecified atom stereocenters. The molecule has 7 heteroatoms. The average molecular weight is 281 g/mol. The van der Waals surface area contributed by atoms with E-state index in [2.05, 4.69) is 20.6 Å². The average Bonchev–Trinajstić information content (AvgIpc) is 2.41. The number of aromatic nitrogens is 2. The van der Waals surface area contributed by atoms with Crippen LogP contribution in [0.5, 0.6) is 0 Å². The number of rotatable bonds is 3. The molecule has 1 amide bonds. The van der Waals surface area contributed by atoms with E-state index in [-0.39, 0.29) is 17.2 Å². The van der Waals surface area contributed by atoms with Crippen molar-refractivity contribution >= 4 is 29.1 Å². The minimum atomic E-state index is -0.601. The summed E-state index contributed by atoms with van der Waals surface area (Å²) in [5, 5.41) is 5.51. The van der Waals surface area contributed by atoms with E-state index in [4.69, 9.17) is 11.6 Å². The first-order valence-electron chi connectivity index (χ1n) is 5.37. The van der Waals surface area contributed by atoms with Crippen LogP contribution in [0.2, 0.25) is 5.02 Å². The Kier molecular flexibility index (Phi) is 3.91. The van der Waals surface area contributed by atoms with Crippen molar-refractivity contribution in [3.8, 4) is 0 Å². The van der Waals surface area contributed by atoms with Crippen LogP contribution in [0.25, 0.3) is 0 Å².